The SMILES string of the molecule is CCOC(=O)C#Cc1ccc(Br)cc1Cl. The Kier molecular flexibility index (Phi) is 4.67. The third-order valence-corrected chi connectivity index (χ3v) is 2.31. The maximum Gasteiger partial charge on any atom is 0.384 e. The Bertz CT molecular complexity index is 432. The quantitative estimate of drug-likeness (QED) is 0.586. The molecule has 0 radical (unpaired) electrons. The number of benzene rings is 1. The van der Waals surface area contributed by atoms with E-state index in [0.717, 1.165) is 4.47 Å². The number of ether oxygens (including phenoxy) is 1. The zero-order valence-corrected chi connectivity index (χ0v) is 10.4. The third kappa shape index (κ3) is 3.94. The summed E-state index contributed by atoms with van der Waals surface area (Å²) in [5.74, 6) is 4.45. The van der Waals surface area contributed by atoms with Gasteiger partial charge >= 0.3 is 5.97 Å². The molecule has 0 unspecified atom stereocenters. The van der Waals surface area contributed by atoms with Crippen LogP contribution in [0.4, 0.5) is 0 Å². The van der Waals surface area contributed by atoms with Crippen LogP contribution in [0, 0.1) is 11.8 Å². The van der Waals surface area contributed by atoms with Crippen molar-refractivity contribution in [2.24, 2.45) is 0 Å². The number of halogens is 2. The van der Waals surface area contributed by atoms with Gasteiger partial charge in [0.2, 0.25) is 0 Å². The normalized spacial score (nSPS) is 9.00. The fourth-order valence-electron chi connectivity index (χ4n) is 0.876. The molecule has 1 aromatic rings. The number of esters is 1. The molecule has 0 aliphatic heterocycles. The topological polar surface area (TPSA) is 26.3 Å². The van der Waals surface area contributed by atoms with Crippen LogP contribution in [0.2, 0.25) is 5.02 Å². The minimum atomic E-state index is -0.545. The molecule has 15 heavy (non-hydrogen) atoms. The molecule has 0 bridgehead atoms. The second-order valence-corrected chi connectivity index (χ2v) is 3.92. The predicted octanol–water partition coefficient (Wildman–Crippen LogP) is 3.02. The fraction of sp³-hybridized carbons (Fsp3) is 0.182. The second-order valence-electron chi connectivity index (χ2n) is 2.59. The van der Waals surface area contributed by atoms with Crippen molar-refractivity contribution in [3.63, 3.8) is 0 Å². The van der Waals surface area contributed by atoms with Crippen molar-refractivity contribution < 1.29 is 9.53 Å². The standard InChI is InChI=1S/C11H8BrClO2/c1-2-15-11(14)6-4-8-3-5-9(12)7-10(8)13/h3,5,7H,2H2,1H3. The summed E-state index contributed by atoms with van der Waals surface area (Å²) in [4.78, 5) is 10.9. The average molecular weight is 288 g/mol. The molecule has 0 spiro atoms. The van der Waals surface area contributed by atoms with Gasteiger partial charge in [-0.05, 0) is 25.1 Å². The fourth-order valence-corrected chi connectivity index (χ4v) is 1.60. The van der Waals surface area contributed by atoms with Gasteiger partial charge in [-0.15, -0.1) is 0 Å². The summed E-state index contributed by atoms with van der Waals surface area (Å²) in [6.07, 6.45) is 0. The van der Waals surface area contributed by atoms with Crippen LogP contribution in [0.15, 0.2) is 22.7 Å². The second kappa shape index (κ2) is 5.79. The van der Waals surface area contributed by atoms with Crippen LogP contribution in [-0.4, -0.2) is 12.6 Å². The summed E-state index contributed by atoms with van der Waals surface area (Å²) in [5, 5.41) is 0.501. The van der Waals surface area contributed by atoms with Gasteiger partial charge in [0, 0.05) is 16.0 Å². The largest absolute Gasteiger partial charge is 0.456 e. The van der Waals surface area contributed by atoms with Crippen LogP contribution in [0.1, 0.15) is 12.5 Å². The molecular formula is C11H8BrClO2. The monoisotopic (exact) mass is 286 g/mol. The van der Waals surface area contributed by atoms with E-state index in [9.17, 15) is 4.79 Å². The Balaban J connectivity index is 2.84. The highest BCUT2D eigenvalue weighted by molar-refractivity contribution is 9.10. The molecule has 0 aliphatic rings. The van der Waals surface area contributed by atoms with Crippen molar-refractivity contribution in [2.75, 3.05) is 6.61 Å². The maximum absolute atomic E-state index is 10.9. The zero-order chi connectivity index (χ0) is 11.3. The minimum Gasteiger partial charge on any atom is -0.456 e. The van der Waals surface area contributed by atoms with Crippen LogP contribution in [0.5, 0.6) is 0 Å². The Labute approximate surface area is 102 Å². The highest BCUT2D eigenvalue weighted by Crippen LogP contribution is 2.20. The molecule has 0 amide bonds. The van der Waals surface area contributed by atoms with E-state index in [0.29, 0.717) is 17.2 Å². The lowest BCUT2D eigenvalue weighted by molar-refractivity contribution is -0.136. The van der Waals surface area contributed by atoms with Gasteiger partial charge in [-0.2, -0.15) is 0 Å². The van der Waals surface area contributed by atoms with Gasteiger partial charge in [0.1, 0.15) is 0 Å². The van der Waals surface area contributed by atoms with Gasteiger partial charge < -0.3 is 4.74 Å². The van der Waals surface area contributed by atoms with Gasteiger partial charge in [0.05, 0.1) is 11.6 Å². The Hall–Kier alpha value is -0.980. The van der Waals surface area contributed by atoms with E-state index in [1.54, 1.807) is 25.1 Å². The van der Waals surface area contributed by atoms with Crippen LogP contribution in [0.3, 0.4) is 0 Å². The molecule has 0 aromatic heterocycles. The van der Waals surface area contributed by atoms with E-state index in [2.05, 4.69) is 32.5 Å². The third-order valence-electron chi connectivity index (χ3n) is 1.51. The van der Waals surface area contributed by atoms with E-state index in [4.69, 9.17) is 11.6 Å². The molecule has 0 N–H and O–H groups in total. The summed E-state index contributed by atoms with van der Waals surface area (Å²) < 4.78 is 5.53. The lowest BCUT2D eigenvalue weighted by Gasteiger charge is -1.96. The smallest absolute Gasteiger partial charge is 0.384 e. The van der Waals surface area contributed by atoms with Crippen molar-refractivity contribution in [3.05, 3.63) is 33.3 Å². The first-order valence-electron chi connectivity index (χ1n) is 4.27. The first-order valence-corrected chi connectivity index (χ1v) is 5.44. The molecular weight excluding hydrogens is 279 g/mol. The lowest BCUT2D eigenvalue weighted by Crippen LogP contribution is -1.99. The van der Waals surface area contributed by atoms with Crippen molar-refractivity contribution in [1.29, 1.82) is 0 Å². The minimum absolute atomic E-state index is 0.321. The van der Waals surface area contributed by atoms with Crippen molar-refractivity contribution in [1.82, 2.24) is 0 Å². The van der Waals surface area contributed by atoms with Crippen molar-refractivity contribution >= 4 is 33.5 Å². The average Bonchev–Trinajstić information content (AvgIpc) is 2.17. The molecule has 1 rings (SSSR count). The number of carbonyl (C=O) groups is 1. The van der Waals surface area contributed by atoms with E-state index < -0.39 is 5.97 Å². The van der Waals surface area contributed by atoms with Crippen LogP contribution >= 0.6 is 27.5 Å². The molecule has 0 saturated carbocycles. The van der Waals surface area contributed by atoms with Gasteiger partial charge in [-0.25, -0.2) is 4.79 Å². The molecule has 2 nitrogen and oxygen atoms in total. The highest BCUT2D eigenvalue weighted by Gasteiger charge is 1.98. The van der Waals surface area contributed by atoms with Gasteiger partial charge in [-0.3, -0.25) is 0 Å². The summed E-state index contributed by atoms with van der Waals surface area (Å²) >= 11 is 9.18. The Morgan fingerprint density at radius 3 is 2.93 bits per heavy atom. The van der Waals surface area contributed by atoms with E-state index in [1.807, 2.05) is 0 Å². The molecule has 0 atom stereocenters. The van der Waals surface area contributed by atoms with E-state index >= 15 is 0 Å². The molecule has 1 aromatic carbocycles. The van der Waals surface area contributed by atoms with Crippen LogP contribution in [-0.2, 0) is 9.53 Å². The van der Waals surface area contributed by atoms with Crippen molar-refractivity contribution in [2.45, 2.75) is 6.92 Å². The van der Waals surface area contributed by atoms with Crippen LogP contribution in [0.25, 0.3) is 0 Å². The predicted molar refractivity (Wildman–Crippen MR) is 62.7 cm³/mol. The van der Waals surface area contributed by atoms with Crippen LogP contribution < -0.4 is 0 Å². The summed E-state index contributed by atoms with van der Waals surface area (Å²) in [7, 11) is 0. The number of rotatable bonds is 1. The van der Waals surface area contributed by atoms with Gasteiger partial charge in [0.25, 0.3) is 0 Å². The number of hydrogen-bond donors (Lipinski definition) is 0. The Morgan fingerprint density at radius 2 is 2.33 bits per heavy atom. The Morgan fingerprint density at radius 1 is 1.60 bits per heavy atom. The molecule has 4 heteroatoms. The van der Waals surface area contributed by atoms with Gasteiger partial charge in [0.15, 0.2) is 0 Å². The summed E-state index contributed by atoms with van der Waals surface area (Å²) in [5.41, 5.74) is 0.605. The summed E-state index contributed by atoms with van der Waals surface area (Å²) in [6.45, 7) is 2.05. The molecule has 0 saturated heterocycles. The first kappa shape index (κ1) is 12.1. The number of hydrogen-bond acceptors (Lipinski definition) is 2. The molecule has 0 heterocycles. The lowest BCUT2D eigenvalue weighted by atomic mass is 10.2. The molecule has 0 fully saturated rings. The maximum atomic E-state index is 10.9. The van der Waals surface area contributed by atoms with E-state index in [-0.39, 0.29) is 0 Å². The zero-order valence-electron chi connectivity index (χ0n) is 8.01. The van der Waals surface area contributed by atoms with Gasteiger partial charge in [-0.1, -0.05) is 33.5 Å². The first-order chi connectivity index (χ1) is 7.13. The highest BCUT2D eigenvalue weighted by atomic mass is 79.9. The molecule has 78 valence electrons. The molecule has 0 aliphatic carbocycles. The summed E-state index contributed by atoms with van der Waals surface area (Å²) in [6, 6.07) is 5.26. The van der Waals surface area contributed by atoms with E-state index in [1.165, 1.54) is 0 Å². The van der Waals surface area contributed by atoms with Crippen molar-refractivity contribution in [3.8, 4) is 11.8 Å². The number of carbonyl (C=O) groups excluding carboxylic acids is 1.